The molecule has 6 heteroatoms. The van der Waals surface area contributed by atoms with Crippen LogP contribution in [0.1, 0.15) is 13.8 Å². The molecule has 2 unspecified atom stereocenters. The zero-order chi connectivity index (χ0) is 14.8. The van der Waals surface area contributed by atoms with Gasteiger partial charge in [0, 0.05) is 7.11 Å². The van der Waals surface area contributed by atoms with E-state index in [9.17, 15) is 0 Å². The molecule has 0 amide bonds. The third kappa shape index (κ3) is 6.12. The summed E-state index contributed by atoms with van der Waals surface area (Å²) < 4.78 is 18.2. The standard InChI is InChI=1S/C12H32O3Si3/c1-11(14-16(4,5)6)18(9,10)15-12(2)17(7,8)13-3/h11-12H,1-10H3. The van der Waals surface area contributed by atoms with Crippen LogP contribution in [0.4, 0.5) is 0 Å². The van der Waals surface area contributed by atoms with Gasteiger partial charge in [0.25, 0.3) is 0 Å². The lowest BCUT2D eigenvalue weighted by atomic mass is 10.9. The van der Waals surface area contributed by atoms with E-state index in [2.05, 4.69) is 59.7 Å². The first-order valence-electron chi connectivity index (χ1n) is 6.72. The molecule has 110 valence electrons. The van der Waals surface area contributed by atoms with E-state index in [1.165, 1.54) is 0 Å². The van der Waals surface area contributed by atoms with Gasteiger partial charge in [0.05, 0.1) is 11.5 Å². The molecule has 2 atom stereocenters. The minimum absolute atomic E-state index is 0.205. The number of hydrogen-bond donors (Lipinski definition) is 0. The molecule has 0 aliphatic carbocycles. The van der Waals surface area contributed by atoms with Gasteiger partial charge < -0.3 is 13.3 Å². The van der Waals surface area contributed by atoms with Crippen molar-refractivity contribution >= 4 is 25.0 Å². The van der Waals surface area contributed by atoms with Crippen LogP contribution in [0, 0.1) is 0 Å². The van der Waals surface area contributed by atoms with E-state index in [0.717, 1.165) is 0 Å². The Morgan fingerprint density at radius 2 is 1.06 bits per heavy atom. The lowest BCUT2D eigenvalue weighted by Gasteiger charge is -2.39. The van der Waals surface area contributed by atoms with E-state index in [0.29, 0.717) is 0 Å². The predicted molar refractivity (Wildman–Crippen MR) is 86.4 cm³/mol. The number of rotatable bonds is 7. The Kier molecular flexibility index (Phi) is 6.51. The molecule has 0 aliphatic rings. The van der Waals surface area contributed by atoms with Crippen molar-refractivity contribution in [1.82, 2.24) is 0 Å². The summed E-state index contributed by atoms with van der Waals surface area (Å²) in [5.41, 5.74) is 0.435. The van der Waals surface area contributed by atoms with Gasteiger partial charge in [-0.15, -0.1) is 0 Å². The Labute approximate surface area is 117 Å². The van der Waals surface area contributed by atoms with Crippen LogP contribution < -0.4 is 0 Å². The molecule has 0 N–H and O–H groups in total. The lowest BCUT2D eigenvalue weighted by Crippen LogP contribution is -2.55. The summed E-state index contributed by atoms with van der Waals surface area (Å²) in [6, 6.07) is 0. The second-order valence-corrected chi connectivity index (χ2v) is 20.2. The van der Waals surface area contributed by atoms with Gasteiger partial charge in [0.1, 0.15) is 0 Å². The van der Waals surface area contributed by atoms with Gasteiger partial charge in [-0.05, 0) is 59.7 Å². The number of hydrogen-bond acceptors (Lipinski definition) is 3. The maximum atomic E-state index is 6.37. The van der Waals surface area contributed by atoms with Crippen molar-refractivity contribution < 1.29 is 13.3 Å². The van der Waals surface area contributed by atoms with E-state index in [1.807, 2.05) is 0 Å². The largest absolute Gasteiger partial charge is 0.418 e. The Bertz CT molecular complexity index is 262. The first-order valence-corrected chi connectivity index (χ1v) is 16.1. The molecular formula is C12H32O3Si3. The van der Waals surface area contributed by atoms with E-state index in [-0.39, 0.29) is 11.5 Å². The molecule has 0 saturated heterocycles. The van der Waals surface area contributed by atoms with Crippen molar-refractivity contribution in [2.45, 2.75) is 71.1 Å². The fourth-order valence-corrected chi connectivity index (χ4v) is 8.27. The zero-order valence-electron chi connectivity index (χ0n) is 13.9. The second-order valence-electron chi connectivity index (χ2n) is 7.04. The molecule has 0 radical (unpaired) electrons. The summed E-state index contributed by atoms with van der Waals surface area (Å²) in [7, 11) is -3.27. The Morgan fingerprint density at radius 3 is 1.39 bits per heavy atom. The van der Waals surface area contributed by atoms with Crippen LogP contribution in [0.2, 0.25) is 45.8 Å². The topological polar surface area (TPSA) is 27.7 Å². The Hall–Kier alpha value is 0.531. The molecule has 0 bridgehead atoms. The molecular weight excluding hydrogens is 276 g/mol. The predicted octanol–water partition coefficient (Wildman–Crippen LogP) is 3.77. The molecule has 3 nitrogen and oxygen atoms in total. The Morgan fingerprint density at radius 1 is 0.667 bits per heavy atom. The molecule has 18 heavy (non-hydrogen) atoms. The second kappa shape index (κ2) is 6.32. The highest BCUT2D eigenvalue weighted by Gasteiger charge is 2.40. The molecule has 0 heterocycles. The fraction of sp³-hybridized carbons (Fsp3) is 1.00. The third-order valence-electron chi connectivity index (χ3n) is 3.49. The Balaban J connectivity index is 4.65. The summed E-state index contributed by atoms with van der Waals surface area (Å²) >= 11 is 0. The highest BCUT2D eigenvalue weighted by atomic mass is 28.4. The van der Waals surface area contributed by atoms with Crippen LogP contribution in [0.5, 0.6) is 0 Å². The van der Waals surface area contributed by atoms with Crippen molar-refractivity contribution in [3.8, 4) is 0 Å². The quantitative estimate of drug-likeness (QED) is 0.670. The first-order chi connectivity index (χ1) is 7.82. The maximum absolute atomic E-state index is 6.37. The van der Waals surface area contributed by atoms with Gasteiger partial charge in [-0.3, -0.25) is 0 Å². The van der Waals surface area contributed by atoms with Crippen molar-refractivity contribution in [1.29, 1.82) is 0 Å². The molecule has 0 spiro atoms. The van der Waals surface area contributed by atoms with E-state index in [4.69, 9.17) is 13.3 Å². The monoisotopic (exact) mass is 308 g/mol. The fourth-order valence-electron chi connectivity index (χ4n) is 1.53. The first kappa shape index (κ1) is 18.5. The average molecular weight is 309 g/mol. The maximum Gasteiger partial charge on any atom is 0.213 e. The lowest BCUT2D eigenvalue weighted by molar-refractivity contribution is 0.192. The van der Waals surface area contributed by atoms with E-state index >= 15 is 0 Å². The van der Waals surface area contributed by atoms with Gasteiger partial charge in [0.15, 0.2) is 8.32 Å². The van der Waals surface area contributed by atoms with Crippen LogP contribution in [-0.4, -0.2) is 43.5 Å². The summed E-state index contributed by atoms with van der Waals surface area (Å²) in [6.07, 6.45) is 0. The normalized spacial score (nSPS) is 17.7. The van der Waals surface area contributed by atoms with Gasteiger partial charge >= 0.3 is 0 Å². The third-order valence-corrected chi connectivity index (χ3v) is 11.2. The highest BCUT2D eigenvalue weighted by molar-refractivity contribution is 6.77. The molecule has 0 aromatic heterocycles. The van der Waals surface area contributed by atoms with Crippen LogP contribution in [0.3, 0.4) is 0 Å². The van der Waals surface area contributed by atoms with Crippen LogP contribution in [-0.2, 0) is 13.3 Å². The van der Waals surface area contributed by atoms with Crippen molar-refractivity contribution in [2.24, 2.45) is 0 Å². The van der Waals surface area contributed by atoms with Gasteiger partial charge in [-0.1, -0.05) is 0 Å². The molecule has 0 saturated carbocycles. The van der Waals surface area contributed by atoms with Crippen LogP contribution in [0.25, 0.3) is 0 Å². The van der Waals surface area contributed by atoms with Crippen LogP contribution >= 0.6 is 0 Å². The minimum atomic E-state index is -1.84. The average Bonchev–Trinajstić information content (AvgIpc) is 2.14. The van der Waals surface area contributed by atoms with E-state index in [1.54, 1.807) is 7.11 Å². The van der Waals surface area contributed by atoms with Crippen molar-refractivity contribution in [2.75, 3.05) is 7.11 Å². The van der Waals surface area contributed by atoms with E-state index < -0.39 is 25.0 Å². The summed E-state index contributed by atoms with van der Waals surface area (Å²) in [5.74, 6) is 0. The minimum Gasteiger partial charge on any atom is -0.418 e. The van der Waals surface area contributed by atoms with Gasteiger partial charge in [-0.25, -0.2) is 0 Å². The van der Waals surface area contributed by atoms with Crippen molar-refractivity contribution in [3.63, 3.8) is 0 Å². The van der Waals surface area contributed by atoms with Gasteiger partial charge in [0.2, 0.25) is 16.6 Å². The summed E-state index contributed by atoms with van der Waals surface area (Å²) in [4.78, 5) is 0. The van der Waals surface area contributed by atoms with Crippen LogP contribution in [0.15, 0.2) is 0 Å². The zero-order valence-corrected chi connectivity index (χ0v) is 16.9. The molecule has 0 rings (SSSR count). The van der Waals surface area contributed by atoms with Gasteiger partial charge in [-0.2, -0.15) is 0 Å². The molecule has 0 fully saturated rings. The molecule has 0 aromatic rings. The SMILES string of the molecule is CO[Si](C)(C)C(C)O[Si](C)(C)C(C)O[Si](C)(C)C. The summed E-state index contributed by atoms with van der Waals surface area (Å²) in [6.45, 7) is 19.9. The molecule has 0 aliphatic heterocycles. The smallest absolute Gasteiger partial charge is 0.213 e. The summed E-state index contributed by atoms with van der Waals surface area (Å²) in [5, 5.41) is 0. The van der Waals surface area contributed by atoms with Crippen molar-refractivity contribution in [3.05, 3.63) is 0 Å². The highest BCUT2D eigenvalue weighted by Crippen LogP contribution is 2.23. The molecule has 0 aromatic carbocycles.